The highest BCUT2D eigenvalue weighted by Gasteiger charge is 2.24. The zero-order chi connectivity index (χ0) is 18.8. The molecule has 1 aliphatic heterocycles. The maximum absolute atomic E-state index is 11.7. The van der Waals surface area contributed by atoms with Crippen molar-refractivity contribution < 1.29 is 14.4 Å². The van der Waals surface area contributed by atoms with Gasteiger partial charge < -0.3 is 14.8 Å². The largest absolute Gasteiger partial charge is 0.454 e. The minimum absolute atomic E-state index is 0.114. The topological polar surface area (TPSA) is 99.4 Å². The summed E-state index contributed by atoms with van der Waals surface area (Å²) in [5.41, 5.74) is 1.54. The Balaban J connectivity index is 1.66. The molecule has 0 aliphatic carbocycles. The van der Waals surface area contributed by atoms with Crippen LogP contribution in [0, 0.1) is 17.0 Å². The molecule has 3 aromatic rings. The van der Waals surface area contributed by atoms with Crippen LogP contribution in [-0.4, -0.2) is 21.7 Å². The van der Waals surface area contributed by atoms with E-state index in [-0.39, 0.29) is 23.3 Å². The van der Waals surface area contributed by atoms with Crippen LogP contribution >= 0.6 is 11.8 Å². The number of anilines is 2. The van der Waals surface area contributed by atoms with Crippen molar-refractivity contribution in [1.82, 2.24) is 9.97 Å². The lowest BCUT2D eigenvalue weighted by Gasteiger charge is -2.09. The number of nitro groups is 1. The second-order valence-corrected chi connectivity index (χ2v) is 6.80. The van der Waals surface area contributed by atoms with Crippen molar-refractivity contribution in [2.24, 2.45) is 0 Å². The number of ether oxygens (including phenoxy) is 2. The van der Waals surface area contributed by atoms with Crippen molar-refractivity contribution in [1.29, 1.82) is 0 Å². The number of aromatic nitrogens is 2. The van der Waals surface area contributed by atoms with Crippen LogP contribution in [0.3, 0.4) is 0 Å². The van der Waals surface area contributed by atoms with Gasteiger partial charge in [-0.25, -0.2) is 9.97 Å². The maximum atomic E-state index is 11.7. The van der Waals surface area contributed by atoms with E-state index in [1.165, 1.54) is 18.1 Å². The molecular weight excluding hydrogens is 368 g/mol. The molecule has 0 saturated heterocycles. The lowest BCUT2D eigenvalue weighted by atomic mass is 10.2. The summed E-state index contributed by atoms with van der Waals surface area (Å²) in [7, 11) is 0. The quantitative estimate of drug-likeness (QED) is 0.396. The standard InChI is InChI=1S/C18H14N4O4S/c1-11-2-5-13(6-3-11)27-18-16(22(23)24)17(19-9-20-18)21-12-4-7-14-15(8-12)26-10-25-14/h2-9H,10H2,1H3,(H,19,20,21). The van der Waals surface area contributed by atoms with Gasteiger partial charge >= 0.3 is 5.69 Å². The van der Waals surface area contributed by atoms with Gasteiger partial charge in [0.25, 0.3) is 0 Å². The molecule has 0 spiro atoms. The number of hydrogen-bond acceptors (Lipinski definition) is 8. The second-order valence-electron chi connectivity index (χ2n) is 5.74. The Morgan fingerprint density at radius 3 is 2.67 bits per heavy atom. The van der Waals surface area contributed by atoms with Crippen LogP contribution in [0.4, 0.5) is 17.2 Å². The van der Waals surface area contributed by atoms with E-state index in [2.05, 4.69) is 15.3 Å². The van der Waals surface area contributed by atoms with Gasteiger partial charge in [0.15, 0.2) is 16.5 Å². The van der Waals surface area contributed by atoms with E-state index in [0.29, 0.717) is 17.2 Å². The predicted octanol–water partition coefficient (Wildman–Crippen LogP) is 4.32. The van der Waals surface area contributed by atoms with Crippen LogP contribution in [0.1, 0.15) is 5.56 Å². The average molecular weight is 382 g/mol. The molecule has 1 aliphatic rings. The number of aryl methyl sites for hydroxylation is 1. The van der Waals surface area contributed by atoms with Crippen LogP contribution < -0.4 is 14.8 Å². The first kappa shape index (κ1) is 17.1. The van der Waals surface area contributed by atoms with Gasteiger partial charge in [-0.3, -0.25) is 10.1 Å². The first-order valence-corrected chi connectivity index (χ1v) is 8.82. The monoisotopic (exact) mass is 382 g/mol. The molecule has 8 nitrogen and oxygen atoms in total. The van der Waals surface area contributed by atoms with Crippen LogP contribution in [0.25, 0.3) is 0 Å². The molecule has 0 saturated carbocycles. The number of benzene rings is 2. The van der Waals surface area contributed by atoms with E-state index in [0.717, 1.165) is 10.5 Å². The molecule has 4 rings (SSSR count). The molecule has 9 heteroatoms. The van der Waals surface area contributed by atoms with E-state index in [9.17, 15) is 10.1 Å². The first-order chi connectivity index (χ1) is 13.1. The fourth-order valence-corrected chi connectivity index (χ4v) is 3.39. The maximum Gasteiger partial charge on any atom is 0.343 e. The minimum atomic E-state index is -0.480. The molecule has 0 fully saturated rings. The molecule has 2 aromatic carbocycles. The van der Waals surface area contributed by atoms with E-state index in [1.54, 1.807) is 18.2 Å². The van der Waals surface area contributed by atoms with Gasteiger partial charge in [0.1, 0.15) is 6.33 Å². The number of nitrogens with one attached hydrogen (secondary N) is 1. The molecule has 0 atom stereocenters. The molecule has 2 heterocycles. The highest BCUT2D eigenvalue weighted by molar-refractivity contribution is 7.99. The Bertz CT molecular complexity index is 1010. The summed E-state index contributed by atoms with van der Waals surface area (Å²) in [6.07, 6.45) is 1.30. The van der Waals surface area contributed by atoms with Gasteiger partial charge in [-0.2, -0.15) is 0 Å². The lowest BCUT2D eigenvalue weighted by molar-refractivity contribution is -0.387. The third kappa shape index (κ3) is 3.63. The van der Waals surface area contributed by atoms with Gasteiger partial charge in [0.05, 0.1) is 4.92 Å². The Labute approximate surface area is 158 Å². The van der Waals surface area contributed by atoms with E-state index >= 15 is 0 Å². The Morgan fingerprint density at radius 1 is 1.11 bits per heavy atom. The van der Waals surface area contributed by atoms with Crippen LogP contribution in [0.2, 0.25) is 0 Å². The second kappa shape index (κ2) is 7.12. The molecule has 0 amide bonds. The zero-order valence-corrected chi connectivity index (χ0v) is 15.0. The van der Waals surface area contributed by atoms with E-state index < -0.39 is 4.92 Å². The van der Waals surface area contributed by atoms with E-state index in [4.69, 9.17) is 9.47 Å². The lowest BCUT2D eigenvalue weighted by Crippen LogP contribution is -2.02. The highest BCUT2D eigenvalue weighted by atomic mass is 32.2. The summed E-state index contributed by atoms with van der Waals surface area (Å²) >= 11 is 1.22. The SMILES string of the molecule is Cc1ccc(Sc2ncnc(Nc3ccc4c(c3)OCO4)c2[N+](=O)[O-])cc1. The van der Waals surface area contributed by atoms with Crippen LogP contribution in [0.15, 0.2) is 58.7 Å². The Morgan fingerprint density at radius 2 is 1.89 bits per heavy atom. The predicted molar refractivity (Wildman–Crippen MR) is 99.8 cm³/mol. The summed E-state index contributed by atoms with van der Waals surface area (Å²) in [6, 6.07) is 12.9. The molecule has 1 N–H and O–H groups in total. The summed E-state index contributed by atoms with van der Waals surface area (Å²) in [5, 5.41) is 14.9. The molecule has 0 radical (unpaired) electrons. The van der Waals surface area contributed by atoms with Crippen molar-refractivity contribution in [3.8, 4) is 11.5 Å². The fraction of sp³-hybridized carbons (Fsp3) is 0.111. The normalized spacial score (nSPS) is 12.0. The van der Waals surface area contributed by atoms with Crippen molar-refractivity contribution >= 4 is 29.0 Å². The summed E-state index contributed by atoms with van der Waals surface area (Å²) in [6.45, 7) is 2.14. The fourth-order valence-electron chi connectivity index (χ4n) is 2.52. The molecule has 136 valence electrons. The Kier molecular flexibility index (Phi) is 4.51. The molecular formula is C18H14N4O4S. The van der Waals surface area contributed by atoms with Gasteiger partial charge in [-0.1, -0.05) is 29.5 Å². The number of hydrogen-bond donors (Lipinski definition) is 1. The van der Waals surface area contributed by atoms with Crippen molar-refractivity contribution in [3.05, 3.63) is 64.5 Å². The van der Waals surface area contributed by atoms with Crippen molar-refractivity contribution in [2.75, 3.05) is 12.1 Å². The molecule has 0 unspecified atom stereocenters. The minimum Gasteiger partial charge on any atom is -0.454 e. The van der Waals surface area contributed by atoms with Crippen LogP contribution in [-0.2, 0) is 0 Å². The smallest absolute Gasteiger partial charge is 0.343 e. The Hall–Kier alpha value is -3.33. The summed E-state index contributed by atoms with van der Waals surface area (Å²) in [5.74, 6) is 1.32. The first-order valence-electron chi connectivity index (χ1n) is 8.01. The van der Waals surface area contributed by atoms with Gasteiger partial charge in [-0.05, 0) is 31.2 Å². The van der Waals surface area contributed by atoms with Crippen molar-refractivity contribution in [2.45, 2.75) is 16.8 Å². The van der Waals surface area contributed by atoms with Crippen molar-refractivity contribution in [3.63, 3.8) is 0 Å². The molecule has 1 aromatic heterocycles. The number of fused-ring (bicyclic) bond motifs is 1. The van der Waals surface area contributed by atoms with Gasteiger partial charge in [-0.15, -0.1) is 0 Å². The van der Waals surface area contributed by atoms with Gasteiger partial charge in [0.2, 0.25) is 12.6 Å². The highest BCUT2D eigenvalue weighted by Crippen LogP contribution is 2.39. The van der Waals surface area contributed by atoms with E-state index in [1.807, 2.05) is 31.2 Å². The van der Waals surface area contributed by atoms with Crippen LogP contribution in [0.5, 0.6) is 11.5 Å². The third-order valence-electron chi connectivity index (χ3n) is 3.84. The number of rotatable bonds is 5. The molecule has 0 bridgehead atoms. The zero-order valence-electron chi connectivity index (χ0n) is 14.2. The summed E-state index contributed by atoms with van der Waals surface area (Å²) < 4.78 is 10.6. The molecule has 27 heavy (non-hydrogen) atoms. The third-order valence-corrected chi connectivity index (χ3v) is 4.84. The number of nitrogens with zero attached hydrogens (tertiary/aromatic N) is 3. The summed E-state index contributed by atoms with van der Waals surface area (Å²) in [4.78, 5) is 20.2. The average Bonchev–Trinajstić information content (AvgIpc) is 3.11. The van der Waals surface area contributed by atoms with Gasteiger partial charge in [0, 0.05) is 16.6 Å².